The third-order valence-electron chi connectivity index (χ3n) is 4.52. The highest BCUT2D eigenvalue weighted by Crippen LogP contribution is 2.24. The van der Waals surface area contributed by atoms with Crippen molar-refractivity contribution in [1.82, 2.24) is 4.98 Å². The molecule has 0 aliphatic heterocycles. The van der Waals surface area contributed by atoms with E-state index in [1.165, 1.54) is 0 Å². The van der Waals surface area contributed by atoms with Crippen molar-refractivity contribution in [2.45, 2.75) is 19.4 Å². The summed E-state index contributed by atoms with van der Waals surface area (Å²) in [5.74, 6) is 1.58. The van der Waals surface area contributed by atoms with E-state index in [4.69, 9.17) is 9.47 Å². The molecule has 5 nitrogen and oxygen atoms in total. The van der Waals surface area contributed by atoms with Crippen LogP contribution in [0.4, 0.5) is 5.69 Å². The summed E-state index contributed by atoms with van der Waals surface area (Å²) in [6.07, 6.45) is 4.58. The number of benzene rings is 2. The van der Waals surface area contributed by atoms with Gasteiger partial charge in [0.2, 0.25) is 5.91 Å². The number of methoxy groups -OCH3 is 2. The monoisotopic (exact) mass is 376 g/mol. The maximum Gasteiger partial charge on any atom is 0.227 e. The molecule has 0 bridgehead atoms. The van der Waals surface area contributed by atoms with E-state index >= 15 is 0 Å². The molecular weight excluding hydrogens is 352 g/mol. The first-order valence-electron chi connectivity index (χ1n) is 9.16. The van der Waals surface area contributed by atoms with Gasteiger partial charge in [0.1, 0.15) is 11.5 Å². The smallest absolute Gasteiger partial charge is 0.227 e. The van der Waals surface area contributed by atoms with Gasteiger partial charge in [0, 0.05) is 30.6 Å². The Morgan fingerprint density at radius 2 is 1.71 bits per heavy atom. The molecule has 1 amide bonds. The summed E-state index contributed by atoms with van der Waals surface area (Å²) in [6.45, 7) is 0.461. The molecule has 3 aromatic rings. The van der Waals surface area contributed by atoms with Gasteiger partial charge in [-0.05, 0) is 47.9 Å². The van der Waals surface area contributed by atoms with Crippen LogP contribution in [-0.4, -0.2) is 25.1 Å². The van der Waals surface area contributed by atoms with Crippen LogP contribution in [0.5, 0.6) is 11.5 Å². The molecule has 1 heterocycles. The first kappa shape index (κ1) is 19.4. The highest BCUT2D eigenvalue weighted by molar-refractivity contribution is 5.93. The fourth-order valence-corrected chi connectivity index (χ4v) is 2.95. The second kappa shape index (κ2) is 9.55. The molecule has 1 aromatic heterocycles. The molecule has 144 valence electrons. The molecule has 0 aliphatic rings. The van der Waals surface area contributed by atoms with Crippen molar-refractivity contribution in [3.8, 4) is 11.5 Å². The maximum atomic E-state index is 13.1. The number of hydrogen-bond donors (Lipinski definition) is 0. The summed E-state index contributed by atoms with van der Waals surface area (Å²) < 4.78 is 10.5. The number of anilines is 1. The van der Waals surface area contributed by atoms with Gasteiger partial charge in [0.15, 0.2) is 0 Å². The molecular formula is C23H24N2O3. The van der Waals surface area contributed by atoms with Crippen LogP contribution in [0.25, 0.3) is 0 Å². The second-order valence-corrected chi connectivity index (χ2v) is 6.39. The van der Waals surface area contributed by atoms with Crippen LogP contribution >= 0.6 is 0 Å². The Labute approximate surface area is 165 Å². The number of amides is 1. The first-order valence-corrected chi connectivity index (χ1v) is 9.16. The summed E-state index contributed by atoms with van der Waals surface area (Å²) >= 11 is 0. The van der Waals surface area contributed by atoms with Gasteiger partial charge in [0.25, 0.3) is 0 Å². The van der Waals surface area contributed by atoms with E-state index in [1.807, 2.05) is 60.7 Å². The fourth-order valence-electron chi connectivity index (χ4n) is 2.95. The normalized spacial score (nSPS) is 10.4. The van der Waals surface area contributed by atoms with Gasteiger partial charge in [-0.3, -0.25) is 9.78 Å². The van der Waals surface area contributed by atoms with E-state index in [9.17, 15) is 4.79 Å². The van der Waals surface area contributed by atoms with Gasteiger partial charge in [0.05, 0.1) is 20.8 Å². The highest BCUT2D eigenvalue weighted by atomic mass is 16.5. The molecule has 0 radical (unpaired) electrons. The quantitative estimate of drug-likeness (QED) is 0.589. The number of pyridine rings is 1. The van der Waals surface area contributed by atoms with E-state index in [0.29, 0.717) is 19.4 Å². The third kappa shape index (κ3) is 5.10. The SMILES string of the molecule is COc1ccc(CCC(=O)N(Cc2cccnc2)c2cccc(OC)c2)cc1. The largest absolute Gasteiger partial charge is 0.497 e. The lowest BCUT2D eigenvalue weighted by molar-refractivity contribution is -0.118. The number of nitrogens with zero attached hydrogens (tertiary/aromatic N) is 2. The molecule has 0 unspecified atom stereocenters. The summed E-state index contributed by atoms with van der Waals surface area (Å²) in [6, 6.07) is 19.2. The molecule has 28 heavy (non-hydrogen) atoms. The Balaban J connectivity index is 1.77. The van der Waals surface area contributed by atoms with Crippen molar-refractivity contribution >= 4 is 11.6 Å². The van der Waals surface area contributed by atoms with Crippen molar-refractivity contribution in [2.75, 3.05) is 19.1 Å². The lowest BCUT2D eigenvalue weighted by atomic mass is 10.1. The zero-order valence-corrected chi connectivity index (χ0v) is 16.2. The van der Waals surface area contributed by atoms with Gasteiger partial charge in [-0.15, -0.1) is 0 Å². The predicted octanol–water partition coefficient (Wildman–Crippen LogP) is 4.26. The zero-order chi connectivity index (χ0) is 19.8. The second-order valence-electron chi connectivity index (χ2n) is 6.39. The Morgan fingerprint density at radius 1 is 0.929 bits per heavy atom. The maximum absolute atomic E-state index is 13.1. The first-order chi connectivity index (χ1) is 13.7. The number of hydrogen-bond acceptors (Lipinski definition) is 4. The van der Waals surface area contributed by atoms with Crippen LogP contribution < -0.4 is 14.4 Å². The van der Waals surface area contributed by atoms with Crippen molar-refractivity contribution in [1.29, 1.82) is 0 Å². The average molecular weight is 376 g/mol. The molecule has 0 spiro atoms. The molecule has 0 saturated carbocycles. The van der Waals surface area contributed by atoms with Crippen molar-refractivity contribution in [2.24, 2.45) is 0 Å². The minimum atomic E-state index is 0.0490. The summed E-state index contributed by atoms with van der Waals surface area (Å²) in [7, 11) is 3.26. The van der Waals surface area contributed by atoms with E-state index in [0.717, 1.165) is 28.3 Å². The number of carbonyl (C=O) groups excluding carboxylic acids is 1. The van der Waals surface area contributed by atoms with Crippen LogP contribution in [0.15, 0.2) is 73.1 Å². The van der Waals surface area contributed by atoms with Crippen LogP contribution in [0.3, 0.4) is 0 Å². The number of carbonyl (C=O) groups is 1. The number of rotatable bonds is 8. The van der Waals surface area contributed by atoms with Crippen molar-refractivity contribution in [3.05, 3.63) is 84.2 Å². The fraction of sp³-hybridized carbons (Fsp3) is 0.217. The number of aromatic nitrogens is 1. The summed E-state index contributed by atoms with van der Waals surface area (Å²) in [5.41, 5.74) is 2.88. The number of ether oxygens (including phenoxy) is 2. The molecule has 2 aromatic carbocycles. The van der Waals surface area contributed by atoms with E-state index in [1.54, 1.807) is 31.5 Å². The van der Waals surface area contributed by atoms with Gasteiger partial charge in [-0.1, -0.05) is 24.3 Å². The lowest BCUT2D eigenvalue weighted by Crippen LogP contribution is -2.30. The molecule has 5 heteroatoms. The molecule has 0 N–H and O–H groups in total. The minimum Gasteiger partial charge on any atom is -0.497 e. The van der Waals surface area contributed by atoms with E-state index in [2.05, 4.69) is 4.98 Å². The lowest BCUT2D eigenvalue weighted by Gasteiger charge is -2.23. The van der Waals surface area contributed by atoms with Crippen molar-refractivity contribution < 1.29 is 14.3 Å². The standard InChI is InChI=1S/C23H24N2O3/c1-27-21-11-8-18(9-12-21)10-13-23(26)25(17-19-5-4-14-24-16-19)20-6-3-7-22(15-20)28-2/h3-9,11-12,14-16H,10,13,17H2,1-2H3. The molecule has 3 rings (SSSR count). The van der Waals surface area contributed by atoms with Crippen LogP contribution in [0.2, 0.25) is 0 Å². The Morgan fingerprint density at radius 3 is 2.39 bits per heavy atom. The molecule has 0 aliphatic carbocycles. The van der Waals surface area contributed by atoms with Crippen LogP contribution in [0, 0.1) is 0 Å². The average Bonchev–Trinajstić information content (AvgIpc) is 2.77. The van der Waals surface area contributed by atoms with Crippen LogP contribution in [0.1, 0.15) is 17.5 Å². The van der Waals surface area contributed by atoms with E-state index < -0.39 is 0 Å². The van der Waals surface area contributed by atoms with Crippen molar-refractivity contribution in [3.63, 3.8) is 0 Å². The Bertz CT molecular complexity index is 895. The molecule has 0 atom stereocenters. The summed E-state index contributed by atoms with van der Waals surface area (Å²) in [5, 5.41) is 0. The zero-order valence-electron chi connectivity index (χ0n) is 16.2. The van der Waals surface area contributed by atoms with Gasteiger partial charge in [-0.2, -0.15) is 0 Å². The van der Waals surface area contributed by atoms with Gasteiger partial charge >= 0.3 is 0 Å². The summed E-state index contributed by atoms with van der Waals surface area (Å²) in [4.78, 5) is 19.0. The highest BCUT2D eigenvalue weighted by Gasteiger charge is 2.17. The Kier molecular flexibility index (Phi) is 6.63. The molecule has 0 saturated heterocycles. The number of aryl methyl sites for hydroxylation is 1. The van der Waals surface area contributed by atoms with Crippen LogP contribution in [-0.2, 0) is 17.8 Å². The predicted molar refractivity (Wildman–Crippen MR) is 110 cm³/mol. The third-order valence-corrected chi connectivity index (χ3v) is 4.52. The molecule has 0 fully saturated rings. The Hall–Kier alpha value is -3.34. The topological polar surface area (TPSA) is 51.7 Å². The van der Waals surface area contributed by atoms with Gasteiger partial charge < -0.3 is 14.4 Å². The minimum absolute atomic E-state index is 0.0490. The van der Waals surface area contributed by atoms with Gasteiger partial charge in [-0.25, -0.2) is 0 Å². The van der Waals surface area contributed by atoms with E-state index in [-0.39, 0.29) is 5.91 Å².